The quantitative estimate of drug-likeness (QED) is 0.380. The molecule has 0 saturated carbocycles. The van der Waals surface area contributed by atoms with Gasteiger partial charge in [0, 0.05) is 31.1 Å². The lowest BCUT2D eigenvalue weighted by molar-refractivity contribution is -0.153. The minimum atomic E-state index is -4.54. The number of alkyl halides is 3. The summed E-state index contributed by atoms with van der Waals surface area (Å²) in [4.78, 5) is 13.8. The molecule has 0 bridgehead atoms. The van der Waals surface area contributed by atoms with Crippen LogP contribution in [0.25, 0.3) is 0 Å². The molecule has 0 aliphatic carbocycles. The van der Waals surface area contributed by atoms with Crippen molar-refractivity contribution in [1.29, 1.82) is 0 Å². The van der Waals surface area contributed by atoms with Gasteiger partial charge in [0.1, 0.15) is 6.61 Å². The van der Waals surface area contributed by atoms with Gasteiger partial charge in [-0.15, -0.1) is 0 Å². The van der Waals surface area contributed by atoms with Gasteiger partial charge in [0.15, 0.2) is 18.1 Å². The van der Waals surface area contributed by atoms with E-state index in [0.717, 1.165) is 5.56 Å². The first-order valence-corrected chi connectivity index (χ1v) is 11.6. The number of ether oxygens (including phenoxy) is 2. The molecule has 0 saturated heterocycles. The Hall–Kier alpha value is -2.98. The van der Waals surface area contributed by atoms with E-state index in [1.54, 1.807) is 13.0 Å². The number of fused-ring (bicyclic) bond motifs is 1. The van der Waals surface area contributed by atoms with Gasteiger partial charge < -0.3 is 30.5 Å². The van der Waals surface area contributed by atoms with E-state index in [1.165, 1.54) is 36.1 Å². The van der Waals surface area contributed by atoms with Gasteiger partial charge in [0.05, 0.1) is 17.4 Å². The number of anilines is 1. The number of rotatable bonds is 13. The van der Waals surface area contributed by atoms with E-state index in [4.69, 9.17) is 20.7 Å². The maximum atomic E-state index is 12.5. The molecule has 1 unspecified atom stereocenters. The molecule has 2 aromatic carbocycles. The molecule has 4 N–H and O–H groups in total. The third-order valence-corrected chi connectivity index (χ3v) is 5.40. The van der Waals surface area contributed by atoms with Gasteiger partial charge >= 0.3 is 6.18 Å². The van der Waals surface area contributed by atoms with E-state index in [0.29, 0.717) is 30.6 Å². The highest BCUT2D eigenvalue weighted by Crippen LogP contribution is 2.34. The van der Waals surface area contributed by atoms with E-state index in [2.05, 4.69) is 5.32 Å². The molecule has 198 valence electrons. The summed E-state index contributed by atoms with van der Waals surface area (Å²) < 4.78 is 81.3. The molecule has 0 radical (unpaired) electrons. The van der Waals surface area contributed by atoms with Crippen molar-refractivity contribution in [1.82, 2.24) is 5.32 Å². The highest BCUT2D eigenvalue weighted by molar-refractivity contribution is 6.00. The van der Waals surface area contributed by atoms with Crippen LogP contribution in [-0.4, -0.2) is 62.1 Å². The Bertz CT molecular complexity index is 1200. The zero-order chi connectivity index (χ0) is 29.9. The SMILES string of the molecule is [2H]C([2H])(COc1ccccc1OCC(F)(F)F)N[C@H](C)Cc1cc2c(c(C(N)=O)c1)N(C([2H])([2H])CC(C)O)CC2. The lowest BCUT2D eigenvalue weighted by Gasteiger charge is -2.23. The molecule has 2 atom stereocenters. The molecule has 1 aliphatic heterocycles. The second-order valence-electron chi connectivity index (χ2n) is 8.69. The number of para-hydroxylation sites is 2. The number of benzene rings is 2. The van der Waals surface area contributed by atoms with Crippen LogP contribution in [0.2, 0.25) is 0 Å². The first-order valence-electron chi connectivity index (χ1n) is 13.6. The van der Waals surface area contributed by atoms with Crippen molar-refractivity contribution >= 4 is 11.6 Å². The van der Waals surface area contributed by atoms with E-state index in [-0.39, 0.29) is 23.5 Å². The maximum Gasteiger partial charge on any atom is 0.422 e. The molecule has 1 amide bonds. The molecule has 0 spiro atoms. The molecule has 7 nitrogen and oxygen atoms in total. The fraction of sp³-hybridized carbons (Fsp3) is 0.500. The predicted octanol–water partition coefficient (Wildman–Crippen LogP) is 3.46. The van der Waals surface area contributed by atoms with E-state index >= 15 is 0 Å². The van der Waals surface area contributed by atoms with Gasteiger partial charge in [-0.3, -0.25) is 4.79 Å². The van der Waals surface area contributed by atoms with Gasteiger partial charge in [-0.25, -0.2) is 0 Å². The summed E-state index contributed by atoms with van der Waals surface area (Å²) in [6.45, 7) is -2.48. The standard InChI is InChI=1S/C26H34F3N3O4/c1-17(31-9-12-35-22-5-3-4-6-23(22)36-16-26(27,28)29)13-19-14-20-8-11-32(10-7-18(2)33)24(20)21(15-19)25(30)34/h3-6,14-15,17-18,31,33H,7-13,16H2,1-2H3,(H2,30,34)/t17-,18?/m1/s1/i9D2,10D2. The summed E-state index contributed by atoms with van der Waals surface area (Å²) in [5.41, 5.74) is 7.61. The number of aliphatic hydroxyl groups excluding tert-OH is 1. The summed E-state index contributed by atoms with van der Waals surface area (Å²) in [6.07, 6.45) is -4.81. The summed E-state index contributed by atoms with van der Waals surface area (Å²) in [5.74, 6) is -0.920. The minimum Gasteiger partial charge on any atom is -0.488 e. The number of hydrogen-bond acceptors (Lipinski definition) is 6. The zero-order valence-corrected chi connectivity index (χ0v) is 20.2. The van der Waals surface area contributed by atoms with Crippen molar-refractivity contribution in [2.24, 2.45) is 5.73 Å². The van der Waals surface area contributed by atoms with Gasteiger partial charge in [0.25, 0.3) is 5.91 Å². The van der Waals surface area contributed by atoms with Crippen molar-refractivity contribution in [3.63, 3.8) is 0 Å². The normalized spacial score (nSPS) is 17.3. The maximum absolute atomic E-state index is 12.5. The van der Waals surface area contributed by atoms with Crippen LogP contribution >= 0.6 is 0 Å². The Balaban J connectivity index is 1.69. The van der Waals surface area contributed by atoms with Crippen molar-refractivity contribution in [2.75, 3.05) is 37.7 Å². The number of nitrogens with one attached hydrogen (secondary N) is 1. The number of nitrogens with zero attached hydrogens (tertiary/aromatic N) is 1. The lowest BCUT2D eigenvalue weighted by Crippen LogP contribution is -2.32. The van der Waals surface area contributed by atoms with Gasteiger partial charge in [-0.2, -0.15) is 13.2 Å². The second kappa shape index (κ2) is 12.3. The van der Waals surface area contributed by atoms with Crippen LogP contribution in [0.1, 0.15) is 47.2 Å². The van der Waals surface area contributed by atoms with Crippen LogP contribution in [0.15, 0.2) is 36.4 Å². The summed E-state index contributed by atoms with van der Waals surface area (Å²) in [6, 6.07) is 8.62. The number of amides is 1. The van der Waals surface area contributed by atoms with Crippen LogP contribution < -0.4 is 25.4 Å². The third-order valence-electron chi connectivity index (χ3n) is 5.40. The average Bonchev–Trinajstić information content (AvgIpc) is 3.24. The molecule has 3 rings (SSSR count). The number of primary amides is 1. The van der Waals surface area contributed by atoms with E-state index < -0.39 is 50.4 Å². The number of halogens is 3. The van der Waals surface area contributed by atoms with Crippen molar-refractivity contribution in [3.8, 4) is 11.5 Å². The lowest BCUT2D eigenvalue weighted by atomic mass is 9.98. The summed E-state index contributed by atoms with van der Waals surface area (Å²) in [5, 5.41) is 12.5. The van der Waals surface area contributed by atoms with E-state index in [9.17, 15) is 23.1 Å². The number of carbonyl (C=O) groups is 1. The van der Waals surface area contributed by atoms with Crippen molar-refractivity contribution < 1.29 is 38.0 Å². The van der Waals surface area contributed by atoms with Gasteiger partial charge in [-0.1, -0.05) is 18.2 Å². The Kier molecular flexibility index (Phi) is 7.61. The Labute approximate surface area is 215 Å². The van der Waals surface area contributed by atoms with Crippen molar-refractivity contribution in [3.05, 3.63) is 53.1 Å². The fourth-order valence-corrected chi connectivity index (χ4v) is 3.90. The highest BCUT2D eigenvalue weighted by Gasteiger charge is 2.29. The molecule has 36 heavy (non-hydrogen) atoms. The fourth-order valence-electron chi connectivity index (χ4n) is 3.90. The van der Waals surface area contributed by atoms with Gasteiger partial charge in [-0.05, 0) is 62.4 Å². The topological polar surface area (TPSA) is 97.1 Å². The molecular weight excluding hydrogens is 475 g/mol. The molecule has 1 aliphatic rings. The number of aliphatic hydroxyl groups is 1. The molecule has 10 heteroatoms. The number of nitrogens with two attached hydrogens (primary N) is 1. The monoisotopic (exact) mass is 513 g/mol. The van der Waals surface area contributed by atoms with Gasteiger partial charge in [0.2, 0.25) is 0 Å². The molecule has 2 aromatic rings. The Morgan fingerprint density at radius 2 is 1.94 bits per heavy atom. The average molecular weight is 514 g/mol. The molecule has 0 aromatic heterocycles. The van der Waals surface area contributed by atoms with Crippen LogP contribution in [0.4, 0.5) is 18.9 Å². The third kappa shape index (κ3) is 8.03. The van der Waals surface area contributed by atoms with Crippen molar-refractivity contribution in [2.45, 2.75) is 51.4 Å². The second-order valence-corrected chi connectivity index (χ2v) is 8.69. The predicted molar refractivity (Wildman–Crippen MR) is 132 cm³/mol. The smallest absolute Gasteiger partial charge is 0.422 e. The minimum absolute atomic E-state index is 0.0326. The number of carbonyl (C=O) groups excluding carboxylic acids is 1. The Morgan fingerprint density at radius 1 is 1.25 bits per heavy atom. The molecule has 1 heterocycles. The number of hydrogen-bond donors (Lipinski definition) is 3. The van der Waals surface area contributed by atoms with Crippen LogP contribution in [0.3, 0.4) is 0 Å². The summed E-state index contributed by atoms with van der Waals surface area (Å²) >= 11 is 0. The summed E-state index contributed by atoms with van der Waals surface area (Å²) in [7, 11) is 0. The highest BCUT2D eigenvalue weighted by atomic mass is 19.4. The van der Waals surface area contributed by atoms with Crippen LogP contribution in [0, 0.1) is 0 Å². The first kappa shape index (κ1) is 22.2. The first-order chi connectivity index (χ1) is 18.5. The van der Waals surface area contributed by atoms with Crippen LogP contribution in [-0.2, 0) is 12.8 Å². The van der Waals surface area contributed by atoms with Crippen LogP contribution in [0.5, 0.6) is 11.5 Å². The van der Waals surface area contributed by atoms with E-state index in [1.807, 2.05) is 6.07 Å². The molecule has 0 fully saturated rings. The zero-order valence-electron chi connectivity index (χ0n) is 24.2. The largest absolute Gasteiger partial charge is 0.488 e. The Morgan fingerprint density at radius 3 is 2.58 bits per heavy atom. The molecular formula is C26H34F3N3O4.